The summed E-state index contributed by atoms with van der Waals surface area (Å²) in [6, 6.07) is 0. The SMILES string of the molecule is Cn1cc([C@H]2CNC[C@@H]2C(=O)NCCC(=O)N2CCCCCC2)cn1. The maximum Gasteiger partial charge on any atom is 0.225 e. The van der Waals surface area contributed by atoms with E-state index in [1.54, 1.807) is 4.68 Å². The van der Waals surface area contributed by atoms with E-state index in [1.165, 1.54) is 12.8 Å². The van der Waals surface area contributed by atoms with E-state index in [0.29, 0.717) is 19.5 Å². The molecule has 2 N–H and O–H groups in total. The van der Waals surface area contributed by atoms with E-state index in [2.05, 4.69) is 15.7 Å². The first kappa shape index (κ1) is 17.9. The summed E-state index contributed by atoms with van der Waals surface area (Å²) in [6.07, 6.45) is 8.82. The highest BCUT2D eigenvalue weighted by Crippen LogP contribution is 2.27. The van der Waals surface area contributed by atoms with Crippen molar-refractivity contribution in [2.45, 2.75) is 38.0 Å². The van der Waals surface area contributed by atoms with Gasteiger partial charge in [-0.25, -0.2) is 0 Å². The van der Waals surface area contributed by atoms with Crippen molar-refractivity contribution in [3.8, 4) is 0 Å². The normalized spacial score (nSPS) is 24.1. The molecular weight excluding hydrogens is 318 g/mol. The molecule has 0 aromatic carbocycles. The van der Waals surface area contributed by atoms with Crippen LogP contribution in [0.15, 0.2) is 12.4 Å². The lowest BCUT2D eigenvalue weighted by atomic mass is 9.90. The Kier molecular flexibility index (Phi) is 6.07. The van der Waals surface area contributed by atoms with Crippen LogP contribution in [0.25, 0.3) is 0 Å². The quantitative estimate of drug-likeness (QED) is 0.819. The standard InChI is InChI=1S/C18H29N5O2/c1-22-13-14(10-21-22)15-11-19-12-16(15)18(25)20-7-6-17(24)23-8-4-2-3-5-9-23/h10,13,15-16,19H,2-9,11-12H2,1H3,(H,20,25)/t15-,16+/m1/s1. The Morgan fingerprint density at radius 3 is 2.68 bits per heavy atom. The van der Waals surface area contributed by atoms with E-state index in [9.17, 15) is 9.59 Å². The molecule has 0 radical (unpaired) electrons. The van der Waals surface area contributed by atoms with Crippen molar-refractivity contribution >= 4 is 11.8 Å². The summed E-state index contributed by atoms with van der Waals surface area (Å²) in [5, 5.41) is 10.5. The first-order valence-electron chi connectivity index (χ1n) is 9.40. The van der Waals surface area contributed by atoms with Crippen LogP contribution in [0.5, 0.6) is 0 Å². The monoisotopic (exact) mass is 347 g/mol. The minimum absolute atomic E-state index is 0.0301. The fourth-order valence-electron chi connectivity index (χ4n) is 3.84. The lowest BCUT2D eigenvalue weighted by Crippen LogP contribution is -2.38. The van der Waals surface area contributed by atoms with Gasteiger partial charge in [-0.05, 0) is 18.4 Å². The highest BCUT2D eigenvalue weighted by atomic mass is 16.2. The lowest BCUT2D eigenvalue weighted by Gasteiger charge is -2.21. The molecule has 138 valence electrons. The number of carbonyl (C=O) groups excluding carboxylic acids is 2. The Morgan fingerprint density at radius 1 is 1.24 bits per heavy atom. The summed E-state index contributed by atoms with van der Waals surface area (Å²) in [4.78, 5) is 26.8. The molecule has 2 atom stereocenters. The van der Waals surface area contributed by atoms with Crippen molar-refractivity contribution in [2.75, 3.05) is 32.7 Å². The molecule has 3 rings (SSSR count). The number of hydrogen-bond donors (Lipinski definition) is 2. The molecule has 25 heavy (non-hydrogen) atoms. The van der Waals surface area contributed by atoms with Crippen LogP contribution in [0.3, 0.4) is 0 Å². The van der Waals surface area contributed by atoms with Gasteiger partial charge in [-0.15, -0.1) is 0 Å². The minimum atomic E-state index is -0.0995. The number of carbonyl (C=O) groups is 2. The van der Waals surface area contributed by atoms with Crippen molar-refractivity contribution < 1.29 is 9.59 Å². The average molecular weight is 347 g/mol. The highest BCUT2D eigenvalue weighted by Gasteiger charge is 2.34. The molecule has 2 saturated heterocycles. The molecule has 2 aliphatic heterocycles. The van der Waals surface area contributed by atoms with Crippen LogP contribution in [-0.2, 0) is 16.6 Å². The van der Waals surface area contributed by atoms with Crippen molar-refractivity contribution in [1.82, 2.24) is 25.3 Å². The third kappa shape index (κ3) is 4.60. The van der Waals surface area contributed by atoms with Gasteiger partial charge >= 0.3 is 0 Å². The molecule has 0 aliphatic carbocycles. The van der Waals surface area contributed by atoms with Gasteiger partial charge in [0.2, 0.25) is 11.8 Å². The number of hydrogen-bond acceptors (Lipinski definition) is 4. The second-order valence-electron chi connectivity index (χ2n) is 7.15. The number of amides is 2. The second kappa shape index (κ2) is 8.47. The van der Waals surface area contributed by atoms with E-state index in [-0.39, 0.29) is 23.7 Å². The Bertz CT molecular complexity index is 592. The Morgan fingerprint density at radius 2 is 2.00 bits per heavy atom. The largest absolute Gasteiger partial charge is 0.355 e. The lowest BCUT2D eigenvalue weighted by molar-refractivity contribution is -0.131. The number of aryl methyl sites for hydroxylation is 1. The predicted molar refractivity (Wildman–Crippen MR) is 95.0 cm³/mol. The summed E-state index contributed by atoms with van der Waals surface area (Å²) >= 11 is 0. The predicted octanol–water partition coefficient (Wildman–Crippen LogP) is 0.632. The molecule has 0 bridgehead atoms. The molecule has 0 spiro atoms. The van der Waals surface area contributed by atoms with E-state index in [1.807, 2.05) is 24.3 Å². The number of aromatic nitrogens is 2. The minimum Gasteiger partial charge on any atom is -0.355 e. The average Bonchev–Trinajstić information content (AvgIpc) is 3.16. The van der Waals surface area contributed by atoms with Gasteiger partial charge in [-0.3, -0.25) is 14.3 Å². The van der Waals surface area contributed by atoms with Gasteiger partial charge in [-0.1, -0.05) is 12.8 Å². The summed E-state index contributed by atoms with van der Waals surface area (Å²) in [5.74, 6) is 0.241. The molecule has 7 nitrogen and oxygen atoms in total. The number of nitrogens with one attached hydrogen (secondary N) is 2. The molecule has 0 saturated carbocycles. The third-order valence-corrected chi connectivity index (χ3v) is 5.30. The topological polar surface area (TPSA) is 79.3 Å². The van der Waals surface area contributed by atoms with Crippen molar-refractivity contribution in [3.63, 3.8) is 0 Å². The zero-order valence-corrected chi connectivity index (χ0v) is 15.0. The molecule has 2 aliphatic rings. The Balaban J connectivity index is 1.46. The number of rotatable bonds is 5. The molecule has 2 amide bonds. The van der Waals surface area contributed by atoms with Crippen LogP contribution in [0.4, 0.5) is 0 Å². The first-order valence-corrected chi connectivity index (χ1v) is 9.40. The molecule has 3 heterocycles. The van der Waals surface area contributed by atoms with Crippen LogP contribution < -0.4 is 10.6 Å². The van der Waals surface area contributed by atoms with Gasteiger partial charge in [0.1, 0.15) is 0 Å². The van der Waals surface area contributed by atoms with E-state index in [0.717, 1.165) is 38.0 Å². The molecule has 7 heteroatoms. The molecule has 0 unspecified atom stereocenters. The smallest absolute Gasteiger partial charge is 0.225 e. The van der Waals surface area contributed by atoms with Gasteiger partial charge < -0.3 is 15.5 Å². The van der Waals surface area contributed by atoms with Crippen LogP contribution in [-0.4, -0.2) is 59.2 Å². The zero-order valence-electron chi connectivity index (χ0n) is 15.0. The van der Waals surface area contributed by atoms with E-state index < -0.39 is 0 Å². The molecule has 2 fully saturated rings. The van der Waals surface area contributed by atoms with E-state index in [4.69, 9.17) is 0 Å². The zero-order chi connectivity index (χ0) is 17.6. The Labute approximate surface area is 149 Å². The molecule has 1 aromatic heterocycles. The van der Waals surface area contributed by atoms with Crippen molar-refractivity contribution in [1.29, 1.82) is 0 Å². The molecular formula is C18H29N5O2. The fourth-order valence-corrected chi connectivity index (χ4v) is 3.84. The summed E-state index contributed by atoms with van der Waals surface area (Å²) in [5.41, 5.74) is 1.09. The summed E-state index contributed by atoms with van der Waals surface area (Å²) in [7, 11) is 1.88. The first-order chi connectivity index (χ1) is 12.1. The maximum absolute atomic E-state index is 12.5. The number of nitrogens with zero attached hydrogens (tertiary/aromatic N) is 3. The molecule has 1 aromatic rings. The van der Waals surface area contributed by atoms with Gasteiger partial charge in [0.25, 0.3) is 0 Å². The highest BCUT2D eigenvalue weighted by molar-refractivity contribution is 5.81. The van der Waals surface area contributed by atoms with Gasteiger partial charge in [0.15, 0.2) is 0 Å². The third-order valence-electron chi connectivity index (χ3n) is 5.30. The summed E-state index contributed by atoms with van der Waals surface area (Å²) in [6.45, 7) is 3.61. The van der Waals surface area contributed by atoms with Gasteiger partial charge in [-0.2, -0.15) is 5.10 Å². The number of likely N-dealkylation sites (tertiary alicyclic amines) is 1. The van der Waals surface area contributed by atoms with Crippen LogP contribution in [0.2, 0.25) is 0 Å². The summed E-state index contributed by atoms with van der Waals surface area (Å²) < 4.78 is 1.77. The van der Waals surface area contributed by atoms with Crippen molar-refractivity contribution in [2.24, 2.45) is 13.0 Å². The van der Waals surface area contributed by atoms with Gasteiger partial charge in [0, 0.05) is 58.3 Å². The van der Waals surface area contributed by atoms with Crippen LogP contribution in [0.1, 0.15) is 43.6 Å². The van der Waals surface area contributed by atoms with Crippen LogP contribution in [0, 0.1) is 5.92 Å². The fraction of sp³-hybridized carbons (Fsp3) is 0.722. The van der Waals surface area contributed by atoms with Gasteiger partial charge in [0.05, 0.1) is 12.1 Å². The maximum atomic E-state index is 12.5. The second-order valence-corrected chi connectivity index (χ2v) is 7.15. The van der Waals surface area contributed by atoms with Crippen molar-refractivity contribution in [3.05, 3.63) is 18.0 Å². The van der Waals surface area contributed by atoms with Crippen LogP contribution >= 0.6 is 0 Å². The Hall–Kier alpha value is -1.89. The van der Waals surface area contributed by atoms with E-state index >= 15 is 0 Å².